The molecule has 0 aromatic carbocycles. The largest absolute Gasteiger partial charge is 0.479 e. The zero-order chi connectivity index (χ0) is 53.9. The van der Waals surface area contributed by atoms with Crippen LogP contribution in [0.2, 0.25) is 0 Å². The van der Waals surface area contributed by atoms with E-state index in [0.717, 1.165) is 6.92 Å². The van der Waals surface area contributed by atoms with Crippen molar-refractivity contribution in [3.8, 4) is 0 Å². The topological polar surface area (TPSA) is 531 Å². The summed E-state index contributed by atoms with van der Waals surface area (Å²) in [7, 11) is -16.0. The van der Waals surface area contributed by atoms with Crippen molar-refractivity contribution >= 4 is 43.1 Å². The maximum atomic E-state index is 12.4. The monoisotopic (exact) mass is 1120 g/mol. The molecule has 0 aromatic heterocycles. The number of hydrogen-bond acceptors (Lipinski definition) is 29. The average Bonchev–Trinajstić information content (AvgIpc) is 3.26. The van der Waals surface area contributed by atoms with Crippen LogP contribution in [-0.2, 0) is 96.0 Å². The van der Waals surface area contributed by atoms with Gasteiger partial charge in [-0.05, 0) is 19.9 Å². The molecule has 23 atom stereocenters. The summed E-state index contributed by atoms with van der Waals surface area (Å²) in [6, 6.07) is 0. The van der Waals surface area contributed by atoms with Gasteiger partial charge in [0.2, 0.25) is 12.0 Å². The Morgan fingerprint density at radius 1 is 0.528 bits per heavy atom. The van der Waals surface area contributed by atoms with E-state index in [1.807, 2.05) is 0 Å². The Bertz CT molecular complexity index is 2200. The number of carboxylic acid groups (broad SMARTS) is 2. The van der Waals surface area contributed by atoms with Gasteiger partial charge in [0.15, 0.2) is 31.1 Å². The quantitative estimate of drug-likeness (QED) is 0.0448. The first-order valence-electron chi connectivity index (χ1n) is 21.2. The van der Waals surface area contributed by atoms with Crippen LogP contribution < -0.4 is 0 Å². The molecule has 0 aliphatic carbocycles. The third-order valence-electron chi connectivity index (χ3n) is 12.2. The smallest absolute Gasteiger partial charge is 0.397 e. The Balaban J connectivity index is 1.36. The molecule has 4 fully saturated rings. The van der Waals surface area contributed by atoms with Crippen molar-refractivity contribution in [2.75, 3.05) is 39.6 Å². The van der Waals surface area contributed by atoms with Crippen molar-refractivity contribution in [1.82, 2.24) is 0 Å². The van der Waals surface area contributed by atoms with Crippen LogP contribution in [0, 0.1) is 23.7 Å². The fraction of sp³-hybridized carbons (Fsp3) is 0.886. The highest BCUT2D eigenvalue weighted by Crippen LogP contribution is 2.37. The summed E-state index contributed by atoms with van der Waals surface area (Å²) in [6.45, 7) is -2.95. The molecular formula is C35H56O34S3. The van der Waals surface area contributed by atoms with E-state index in [0.29, 0.717) is 6.08 Å². The van der Waals surface area contributed by atoms with E-state index < -0.39 is 229 Å². The first kappa shape index (κ1) is 60.3. The maximum Gasteiger partial charge on any atom is 0.397 e. The van der Waals surface area contributed by atoms with E-state index in [1.54, 1.807) is 0 Å². The molecule has 0 spiro atoms. The molecule has 0 bridgehead atoms. The van der Waals surface area contributed by atoms with Crippen LogP contribution in [0.1, 0.15) is 13.8 Å². The van der Waals surface area contributed by atoms with Gasteiger partial charge in [-0.2, -0.15) is 25.3 Å². The number of carboxylic acids is 2. The van der Waals surface area contributed by atoms with Gasteiger partial charge < -0.3 is 98.8 Å². The molecule has 5 heterocycles. The molecule has 5 aliphatic rings. The van der Waals surface area contributed by atoms with Crippen LogP contribution in [0.15, 0.2) is 11.8 Å². The third-order valence-corrected chi connectivity index (χ3v) is 13.5. The fourth-order valence-electron chi connectivity index (χ4n) is 8.43. The van der Waals surface area contributed by atoms with Crippen molar-refractivity contribution in [3.63, 3.8) is 0 Å². The van der Waals surface area contributed by atoms with Crippen LogP contribution in [0.4, 0.5) is 0 Å². The minimum absolute atomic E-state index is 0.677. The number of aliphatic hydroxyl groups is 9. The van der Waals surface area contributed by atoms with Crippen molar-refractivity contribution in [2.24, 2.45) is 23.7 Å². The predicted molar refractivity (Wildman–Crippen MR) is 217 cm³/mol. The second-order valence-corrected chi connectivity index (χ2v) is 20.2. The molecule has 0 aromatic rings. The minimum atomic E-state index is -5.52. The van der Waals surface area contributed by atoms with E-state index in [9.17, 15) is 105 Å². The first-order chi connectivity index (χ1) is 33.3. The maximum absolute atomic E-state index is 12.4. The Morgan fingerprint density at radius 3 is 1.67 bits per heavy atom. The second kappa shape index (κ2) is 24.6. The van der Waals surface area contributed by atoms with E-state index in [-0.39, 0.29) is 0 Å². The van der Waals surface area contributed by atoms with E-state index >= 15 is 0 Å². The van der Waals surface area contributed by atoms with Gasteiger partial charge in [-0.25, -0.2) is 22.1 Å². The van der Waals surface area contributed by atoms with E-state index in [4.69, 9.17) is 42.6 Å². The normalized spacial score (nSPS) is 42.3. The van der Waals surface area contributed by atoms with Crippen LogP contribution in [-0.4, -0.2) is 263 Å². The summed E-state index contributed by atoms with van der Waals surface area (Å²) < 4.78 is 160. The summed E-state index contributed by atoms with van der Waals surface area (Å²) in [5, 5.41) is 116. The molecule has 5 aliphatic heterocycles. The minimum Gasteiger partial charge on any atom is -0.479 e. The molecule has 0 saturated carbocycles. The molecule has 0 amide bonds. The molecule has 5 rings (SSSR count). The Hall–Kier alpha value is -2.59. The number of carbonyl (C=O) groups is 2. The van der Waals surface area contributed by atoms with Gasteiger partial charge in [0.25, 0.3) is 0 Å². The van der Waals surface area contributed by atoms with Crippen molar-refractivity contribution < 1.29 is 160 Å². The lowest BCUT2D eigenvalue weighted by Gasteiger charge is -2.47. The van der Waals surface area contributed by atoms with Gasteiger partial charge in [0.1, 0.15) is 48.8 Å². The predicted octanol–water partition coefficient (Wildman–Crippen LogP) is -8.02. The molecule has 34 nitrogen and oxygen atoms in total. The molecule has 0 radical (unpaired) electrons. The van der Waals surface area contributed by atoms with Gasteiger partial charge in [0, 0.05) is 17.8 Å². The molecule has 4 saturated heterocycles. The lowest BCUT2D eigenvalue weighted by atomic mass is 9.80. The lowest BCUT2D eigenvalue weighted by Crippen LogP contribution is -2.61. The average molecular weight is 1120 g/mol. The summed E-state index contributed by atoms with van der Waals surface area (Å²) in [5.74, 6) is -10.3. The third kappa shape index (κ3) is 15.3. The molecule has 72 heavy (non-hydrogen) atoms. The number of aliphatic hydroxyl groups excluding tert-OH is 9. The summed E-state index contributed by atoms with van der Waals surface area (Å²) >= 11 is 0. The van der Waals surface area contributed by atoms with Crippen molar-refractivity contribution in [1.29, 1.82) is 0 Å². The van der Waals surface area contributed by atoms with Crippen LogP contribution in [0.25, 0.3) is 0 Å². The standard InChI is InChI=1S/C35H56O34S3/c1-10-12(13(20(38)19(63-10)9-62-70(49,50)51)6-61-35-29(69-72(55,56)57)26(44)27(11(2)64-35)68-71(52,53)54)5-59-33-23(41)14(22(40)28(67-33)31(47)48)7-58-32-15(21(39)25(43)18(4-36)66-32)8-60-34-24(42)16(37)3-17(65-34)30(45)46/h3,10-16,18-29,32-44H,4-9H2,1-2H3,(H,45,46)(H,47,48)(H,49,50,51)(H,52,53,54)(H,55,56,57)/t10?,11?,12?,13?,14?,15?,16?,18?,19?,20-,21?,22-,23?,24?,25+,26?,27+,28?,29?,32-,33-,34-,35-/m1/s1. The fourth-order valence-corrected chi connectivity index (χ4v) is 9.77. The summed E-state index contributed by atoms with van der Waals surface area (Å²) in [5.41, 5.74) is 0. The molecular weight excluding hydrogens is 1060 g/mol. The van der Waals surface area contributed by atoms with Crippen molar-refractivity contribution in [3.05, 3.63) is 11.8 Å². The number of rotatable bonds is 22. The van der Waals surface area contributed by atoms with Gasteiger partial charge in [-0.1, -0.05) is 0 Å². The number of ether oxygens (including phenoxy) is 9. The van der Waals surface area contributed by atoms with E-state index in [2.05, 4.69) is 12.5 Å². The van der Waals surface area contributed by atoms with Crippen LogP contribution in [0.3, 0.4) is 0 Å². The Kier molecular flexibility index (Phi) is 20.6. The number of hydrogen-bond donors (Lipinski definition) is 14. The Labute approximate surface area is 407 Å². The van der Waals surface area contributed by atoms with Gasteiger partial charge in [-0.15, -0.1) is 0 Å². The molecule has 418 valence electrons. The van der Waals surface area contributed by atoms with Crippen LogP contribution >= 0.6 is 0 Å². The SMILES string of the molecule is CC1OC(COS(=O)(=O)O)[C@H](O)C(CO[C@@H]2OC(C)[C@H](OS(=O)(=O)O)C(O)C2OS(=O)(=O)O)C1CO[C@@H]1OC(C(=O)O)[C@H](O)C(CO[C@@H]2OC(CO)[C@H](O)C(O)C2CO[C@@H]2OC(C(=O)O)=CC(O)C2O)C1O. The second-order valence-electron chi connectivity index (χ2n) is 17.0. The molecule has 14 N–H and O–H groups in total. The Morgan fingerprint density at radius 2 is 1.08 bits per heavy atom. The number of aliphatic carboxylic acids is 2. The summed E-state index contributed by atoms with van der Waals surface area (Å²) in [4.78, 5) is 23.8. The van der Waals surface area contributed by atoms with E-state index in [1.165, 1.54) is 6.92 Å². The highest BCUT2D eigenvalue weighted by Gasteiger charge is 2.54. The van der Waals surface area contributed by atoms with Gasteiger partial charge in [0.05, 0.1) is 76.1 Å². The first-order valence-corrected chi connectivity index (χ1v) is 25.3. The lowest BCUT2D eigenvalue weighted by molar-refractivity contribution is -0.323. The van der Waals surface area contributed by atoms with Gasteiger partial charge in [-0.3, -0.25) is 13.7 Å². The molecule has 37 heteroatoms. The van der Waals surface area contributed by atoms with Crippen LogP contribution in [0.5, 0.6) is 0 Å². The summed E-state index contributed by atoms with van der Waals surface area (Å²) in [6.07, 6.45) is -35.7. The van der Waals surface area contributed by atoms with Gasteiger partial charge >= 0.3 is 43.1 Å². The zero-order valence-electron chi connectivity index (χ0n) is 37.2. The highest BCUT2D eigenvalue weighted by atomic mass is 32.3. The molecule has 15 unspecified atom stereocenters. The van der Waals surface area contributed by atoms with Crippen molar-refractivity contribution in [2.45, 2.75) is 131 Å². The highest BCUT2D eigenvalue weighted by molar-refractivity contribution is 7.81. The zero-order valence-corrected chi connectivity index (χ0v) is 39.7.